The maximum atomic E-state index is 12.4. The van der Waals surface area contributed by atoms with Crippen molar-refractivity contribution in [3.8, 4) is 0 Å². The molecule has 5 heteroatoms. The van der Waals surface area contributed by atoms with E-state index in [9.17, 15) is 4.79 Å². The third-order valence-corrected chi connectivity index (χ3v) is 4.84. The van der Waals surface area contributed by atoms with Crippen molar-refractivity contribution in [2.24, 2.45) is 11.7 Å². The lowest BCUT2D eigenvalue weighted by Crippen LogP contribution is -2.36. The number of fused-ring (bicyclic) bond motifs is 1. The van der Waals surface area contributed by atoms with Crippen LogP contribution in [0.15, 0.2) is 54.7 Å². The average Bonchev–Trinajstić information content (AvgIpc) is 3.05. The van der Waals surface area contributed by atoms with Gasteiger partial charge in [0.15, 0.2) is 0 Å². The number of aromatic nitrogens is 1. The summed E-state index contributed by atoms with van der Waals surface area (Å²) in [7, 11) is 0. The molecule has 0 radical (unpaired) electrons. The van der Waals surface area contributed by atoms with Crippen LogP contribution < -0.4 is 11.1 Å². The summed E-state index contributed by atoms with van der Waals surface area (Å²) in [5.74, 6) is -0.278. The number of benzene rings is 2. The first kappa shape index (κ1) is 20.0. The molecule has 1 amide bonds. The Morgan fingerprint density at radius 3 is 2.62 bits per heavy atom. The third kappa shape index (κ3) is 4.26. The van der Waals surface area contributed by atoms with Gasteiger partial charge < -0.3 is 16.0 Å². The number of hydrogen-bond acceptors (Lipinski definition) is 2. The SMILES string of the molecule is Cc1cccc2c(CCNC(=O)C(C)C(N)c3ccccc3)c[nH]c12.Cl. The molecule has 0 aliphatic heterocycles. The number of nitrogens with two attached hydrogens (primary N) is 1. The number of carbonyl (C=O) groups is 1. The molecule has 2 aromatic carbocycles. The third-order valence-electron chi connectivity index (χ3n) is 4.84. The van der Waals surface area contributed by atoms with Gasteiger partial charge in [-0.05, 0) is 30.0 Å². The van der Waals surface area contributed by atoms with Crippen LogP contribution in [-0.2, 0) is 11.2 Å². The largest absolute Gasteiger partial charge is 0.361 e. The lowest BCUT2D eigenvalue weighted by Gasteiger charge is -2.19. The molecule has 3 rings (SSSR count). The van der Waals surface area contributed by atoms with Crippen LogP contribution in [0.1, 0.15) is 29.7 Å². The molecule has 1 heterocycles. The lowest BCUT2D eigenvalue weighted by molar-refractivity contribution is -0.125. The Morgan fingerprint density at radius 1 is 1.15 bits per heavy atom. The molecule has 0 fully saturated rings. The Balaban J connectivity index is 0.00000243. The number of para-hydroxylation sites is 1. The summed E-state index contributed by atoms with van der Waals surface area (Å²) in [6, 6.07) is 15.7. The van der Waals surface area contributed by atoms with Gasteiger partial charge in [-0.2, -0.15) is 0 Å². The molecule has 26 heavy (non-hydrogen) atoms. The average molecular weight is 372 g/mol. The second-order valence-electron chi connectivity index (χ2n) is 6.58. The molecule has 0 aliphatic carbocycles. The van der Waals surface area contributed by atoms with E-state index in [0.29, 0.717) is 6.54 Å². The van der Waals surface area contributed by atoms with Gasteiger partial charge in [-0.15, -0.1) is 12.4 Å². The summed E-state index contributed by atoms with van der Waals surface area (Å²) in [6.07, 6.45) is 2.82. The molecule has 0 aliphatic rings. The molecule has 3 aromatic rings. The first-order chi connectivity index (χ1) is 12.1. The van der Waals surface area contributed by atoms with E-state index in [2.05, 4.69) is 35.4 Å². The van der Waals surface area contributed by atoms with Gasteiger partial charge in [-0.3, -0.25) is 4.79 Å². The maximum Gasteiger partial charge on any atom is 0.224 e. The van der Waals surface area contributed by atoms with Crippen molar-refractivity contribution in [2.45, 2.75) is 26.3 Å². The van der Waals surface area contributed by atoms with Gasteiger partial charge in [0.2, 0.25) is 5.91 Å². The quantitative estimate of drug-likeness (QED) is 0.615. The van der Waals surface area contributed by atoms with Gasteiger partial charge in [0, 0.05) is 29.7 Å². The number of rotatable bonds is 6. The van der Waals surface area contributed by atoms with Crippen molar-refractivity contribution in [3.05, 3.63) is 71.4 Å². The second-order valence-corrected chi connectivity index (χ2v) is 6.58. The van der Waals surface area contributed by atoms with Crippen molar-refractivity contribution in [1.82, 2.24) is 10.3 Å². The summed E-state index contributed by atoms with van der Waals surface area (Å²) in [4.78, 5) is 15.7. The van der Waals surface area contributed by atoms with Gasteiger partial charge in [0.1, 0.15) is 0 Å². The highest BCUT2D eigenvalue weighted by Gasteiger charge is 2.21. The maximum absolute atomic E-state index is 12.4. The zero-order chi connectivity index (χ0) is 17.8. The van der Waals surface area contributed by atoms with E-state index in [-0.39, 0.29) is 30.3 Å². The predicted octanol–water partition coefficient (Wildman–Crippen LogP) is 3.89. The Hall–Kier alpha value is -2.30. The van der Waals surface area contributed by atoms with Gasteiger partial charge in [-0.1, -0.05) is 55.5 Å². The fourth-order valence-electron chi connectivity index (χ4n) is 3.18. The van der Waals surface area contributed by atoms with Crippen molar-refractivity contribution >= 4 is 29.2 Å². The lowest BCUT2D eigenvalue weighted by atomic mass is 9.94. The Kier molecular flexibility index (Phi) is 6.83. The molecule has 4 N–H and O–H groups in total. The summed E-state index contributed by atoms with van der Waals surface area (Å²) >= 11 is 0. The van der Waals surface area contributed by atoms with Crippen LogP contribution in [0.25, 0.3) is 10.9 Å². The van der Waals surface area contributed by atoms with Gasteiger partial charge in [-0.25, -0.2) is 0 Å². The molecule has 0 saturated carbocycles. The van der Waals surface area contributed by atoms with E-state index in [1.54, 1.807) is 0 Å². The van der Waals surface area contributed by atoms with E-state index in [1.165, 1.54) is 22.0 Å². The number of hydrogen-bond donors (Lipinski definition) is 3. The molecular formula is C21H26ClN3O. The van der Waals surface area contributed by atoms with E-state index in [0.717, 1.165) is 12.0 Å². The molecule has 0 spiro atoms. The van der Waals surface area contributed by atoms with Crippen molar-refractivity contribution in [1.29, 1.82) is 0 Å². The van der Waals surface area contributed by atoms with Crippen LogP contribution >= 0.6 is 12.4 Å². The first-order valence-corrected chi connectivity index (χ1v) is 8.71. The van der Waals surface area contributed by atoms with Crippen LogP contribution in [-0.4, -0.2) is 17.4 Å². The highest BCUT2D eigenvalue weighted by Crippen LogP contribution is 2.22. The molecular weight excluding hydrogens is 346 g/mol. The van der Waals surface area contributed by atoms with Crippen molar-refractivity contribution in [3.63, 3.8) is 0 Å². The number of H-pyrrole nitrogens is 1. The Labute approximate surface area is 160 Å². The number of carbonyl (C=O) groups excluding carboxylic acids is 1. The van der Waals surface area contributed by atoms with Gasteiger partial charge >= 0.3 is 0 Å². The number of aromatic amines is 1. The van der Waals surface area contributed by atoms with E-state index in [1.807, 2.05) is 43.5 Å². The van der Waals surface area contributed by atoms with Gasteiger partial charge in [0.05, 0.1) is 5.92 Å². The summed E-state index contributed by atoms with van der Waals surface area (Å²) in [5, 5.41) is 4.24. The fraction of sp³-hybridized carbons (Fsp3) is 0.286. The summed E-state index contributed by atoms with van der Waals surface area (Å²) in [6.45, 7) is 4.57. The number of amides is 1. The standard InChI is InChI=1S/C21H25N3O.ClH/c1-14-7-6-10-18-17(13-24-20(14)18)11-12-23-21(25)15(2)19(22)16-8-4-3-5-9-16;/h3-10,13,15,19,24H,11-12,22H2,1-2H3,(H,23,25);1H. The number of halogens is 1. The number of nitrogens with one attached hydrogen (secondary N) is 2. The van der Waals surface area contributed by atoms with Crippen molar-refractivity contribution < 1.29 is 4.79 Å². The highest BCUT2D eigenvalue weighted by atomic mass is 35.5. The first-order valence-electron chi connectivity index (χ1n) is 8.71. The van der Waals surface area contributed by atoms with Crippen molar-refractivity contribution in [2.75, 3.05) is 6.54 Å². The molecule has 2 atom stereocenters. The minimum Gasteiger partial charge on any atom is -0.361 e. The normalized spacial score (nSPS) is 13.0. The smallest absolute Gasteiger partial charge is 0.224 e. The zero-order valence-corrected chi connectivity index (χ0v) is 16.0. The Morgan fingerprint density at radius 2 is 1.88 bits per heavy atom. The summed E-state index contributed by atoms with van der Waals surface area (Å²) in [5.41, 5.74) is 10.8. The monoisotopic (exact) mass is 371 g/mol. The van der Waals surface area contributed by atoms with Gasteiger partial charge in [0.25, 0.3) is 0 Å². The van der Waals surface area contributed by atoms with Crippen LogP contribution in [0, 0.1) is 12.8 Å². The zero-order valence-electron chi connectivity index (χ0n) is 15.2. The van der Waals surface area contributed by atoms with Crippen LogP contribution in [0.4, 0.5) is 0 Å². The summed E-state index contributed by atoms with van der Waals surface area (Å²) < 4.78 is 0. The van der Waals surface area contributed by atoms with E-state index < -0.39 is 0 Å². The van der Waals surface area contributed by atoms with E-state index in [4.69, 9.17) is 5.73 Å². The molecule has 2 unspecified atom stereocenters. The molecule has 0 saturated heterocycles. The van der Waals surface area contributed by atoms with Crippen LogP contribution in [0.2, 0.25) is 0 Å². The van der Waals surface area contributed by atoms with E-state index >= 15 is 0 Å². The fourth-order valence-corrected chi connectivity index (χ4v) is 3.18. The predicted molar refractivity (Wildman–Crippen MR) is 110 cm³/mol. The molecule has 0 bridgehead atoms. The highest BCUT2D eigenvalue weighted by molar-refractivity contribution is 5.86. The molecule has 4 nitrogen and oxygen atoms in total. The topological polar surface area (TPSA) is 70.9 Å². The van der Waals surface area contributed by atoms with Crippen LogP contribution in [0.3, 0.4) is 0 Å². The minimum atomic E-state index is -0.295. The second kappa shape index (κ2) is 8.88. The Bertz CT molecular complexity index is 860. The number of aryl methyl sites for hydroxylation is 1. The molecule has 138 valence electrons. The van der Waals surface area contributed by atoms with Crippen LogP contribution in [0.5, 0.6) is 0 Å². The molecule has 1 aromatic heterocycles. The minimum absolute atomic E-state index is 0.